The van der Waals surface area contributed by atoms with E-state index in [-0.39, 0.29) is 11.4 Å². The Morgan fingerprint density at radius 1 is 1.08 bits per heavy atom. The normalized spacial score (nSPS) is 27.5. The van der Waals surface area contributed by atoms with Crippen molar-refractivity contribution < 1.29 is 14.1 Å². The molecule has 144 valence electrons. The fourth-order valence-corrected chi connectivity index (χ4v) is 4.78. The summed E-state index contributed by atoms with van der Waals surface area (Å²) in [4.78, 5) is 19.4. The van der Waals surface area contributed by atoms with Crippen LogP contribution in [0.15, 0.2) is 4.52 Å². The van der Waals surface area contributed by atoms with Crippen LogP contribution in [0.25, 0.3) is 0 Å². The van der Waals surface area contributed by atoms with E-state index in [1.807, 2.05) is 18.7 Å². The van der Waals surface area contributed by atoms with E-state index in [1.54, 1.807) is 0 Å². The van der Waals surface area contributed by atoms with Crippen molar-refractivity contribution in [2.75, 3.05) is 52.5 Å². The maximum atomic E-state index is 12.8. The molecule has 0 aromatic carbocycles. The zero-order chi connectivity index (χ0) is 18.1. The highest BCUT2D eigenvalue weighted by atomic mass is 16.5. The van der Waals surface area contributed by atoms with Gasteiger partial charge in [-0.3, -0.25) is 4.90 Å². The highest BCUT2D eigenvalue weighted by molar-refractivity contribution is 5.75. The molecule has 3 saturated heterocycles. The van der Waals surface area contributed by atoms with E-state index in [2.05, 4.69) is 15.0 Å². The number of piperidine rings is 1. The number of likely N-dealkylation sites (tertiary alicyclic amines) is 2. The average Bonchev–Trinajstić information content (AvgIpc) is 3.20. The van der Waals surface area contributed by atoms with Crippen LogP contribution in [0.2, 0.25) is 0 Å². The second kappa shape index (κ2) is 7.19. The minimum atomic E-state index is 0.202. The third kappa shape index (κ3) is 3.47. The number of hydrogen-bond acceptors (Lipinski definition) is 5. The summed E-state index contributed by atoms with van der Waals surface area (Å²) in [7, 11) is 0. The predicted molar refractivity (Wildman–Crippen MR) is 96.9 cm³/mol. The lowest BCUT2D eigenvalue weighted by Gasteiger charge is -2.40. The van der Waals surface area contributed by atoms with Crippen molar-refractivity contribution in [2.24, 2.45) is 5.41 Å². The van der Waals surface area contributed by atoms with Gasteiger partial charge in [0.05, 0.1) is 18.9 Å². The Morgan fingerprint density at radius 2 is 1.88 bits per heavy atom. The summed E-state index contributed by atoms with van der Waals surface area (Å²) < 4.78 is 10.7. The van der Waals surface area contributed by atoms with Crippen molar-refractivity contribution in [2.45, 2.75) is 39.7 Å². The average molecular weight is 362 g/mol. The first-order valence-electron chi connectivity index (χ1n) is 9.82. The molecule has 3 aliphatic rings. The summed E-state index contributed by atoms with van der Waals surface area (Å²) in [5.74, 6) is 0.928. The highest BCUT2D eigenvalue weighted by Gasteiger charge is 2.43. The van der Waals surface area contributed by atoms with E-state index in [0.717, 1.165) is 63.7 Å². The molecular formula is C19H30N4O3. The third-order valence-corrected chi connectivity index (χ3v) is 6.29. The molecule has 0 N–H and O–H groups in total. The maximum absolute atomic E-state index is 12.8. The first-order chi connectivity index (χ1) is 12.6. The lowest BCUT2D eigenvalue weighted by atomic mass is 9.79. The highest BCUT2D eigenvalue weighted by Crippen LogP contribution is 2.40. The molecule has 7 heteroatoms. The lowest BCUT2D eigenvalue weighted by Crippen LogP contribution is -2.49. The van der Waals surface area contributed by atoms with Crippen LogP contribution in [0.1, 0.15) is 36.3 Å². The Kier molecular flexibility index (Phi) is 4.92. The molecule has 3 aliphatic heterocycles. The second-order valence-corrected chi connectivity index (χ2v) is 8.17. The standard InChI is InChI=1S/C19H30N4O3/c1-15-17(16(2)26-20-15)12-21-6-3-4-19(13-21)5-7-23(14-19)18(24)22-8-10-25-11-9-22/h3-14H2,1-2H3/t19-/m0/s1. The van der Waals surface area contributed by atoms with Crippen LogP contribution in [0.4, 0.5) is 4.79 Å². The van der Waals surface area contributed by atoms with E-state index in [0.29, 0.717) is 13.2 Å². The van der Waals surface area contributed by atoms with Gasteiger partial charge in [-0.15, -0.1) is 0 Å². The molecule has 7 nitrogen and oxygen atoms in total. The number of carbonyl (C=O) groups excluding carboxylic acids is 1. The van der Waals surface area contributed by atoms with Crippen molar-refractivity contribution in [1.29, 1.82) is 0 Å². The summed E-state index contributed by atoms with van der Waals surface area (Å²) in [6.07, 6.45) is 3.53. The van der Waals surface area contributed by atoms with Crippen molar-refractivity contribution in [3.63, 3.8) is 0 Å². The summed E-state index contributed by atoms with van der Waals surface area (Å²) >= 11 is 0. The van der Waals surface area contributed by atoms with Gasteiger partial charge >= 0.3 is 6.03 Å². The van der Waals surface area contributed by atoms with Gasteiger partial charge in [0, 0.05) is 50.2 Å². The molecule has 1 aromatic heterocycles. The van der Waals surface area contributed by atoms with Gasteiger partial charge in [0.15, 0.2) is 0 Å². The Morgan fingerprint density at radius 3 is 2.62 bits per heavy atom. The molecular weight excluding hydrogens is 332 g/mol. The third-order valence-electron chi connectivity index (χ3n) is 6.29. The quantitative estimate of drug-likeness (QED) is 0.806. The lowest BCUT2D eigenvalue weighted by molar-refractivity contribution is 0.0418. The maximum Gasteiger partial charge on any atom is 0.320 e. The van der Waals surface area contributed by atoms with E-state index in [9.17, 15) is 4.79 Å². The van der Waals surface area contributed by atoms with Crippen LogP contribution < -0.4 is 0 Å². The molecule has 0 aliphatic carbocycles. The topological polar surface area (TPSA) is 62.1 Å². The molecule has 2 amide bonds. The molecule has 0 bridgehead atoms. The number of rotatable bonds is 2. The van der Waals surface area contributed by atoms with Crippen molar-refractivity contribution >= 4 is 6.03 Å². The van der Waals surface area contributed by atoms with E-state index < -0.39 is 0 Å². The Balaban J connectivity index is 1.38. The Bertz CT molecular complexity index is 636. The molecule has 1 spiro atoms. The number of aryl methyl sites for hydroxylation is 2. The number of hydrogen-bond donors (Lipinski definition) is 0. The molecule has 1 aromatic rings. The molecule has 1 atom stereocenters. The van der Waals surface area contributed by atoms with E-state index >= 15 is 0 Å². The van der Waals surface area contributed by atoms with Crippen LogP contribution in [0, 0.1) is 19.3 Å². The van der Waals surface area contributed by atoms with Gasteiger partial charge in [0.2, 0.25) is 0 Å². The fraction of sp³-hybridized carbons (Fsp3) is 0.789. The first-order valence-corrected chi connectivity index (χ1v) is 9.82. The minimum absolute atomic E-state index is 0.202. The van der Waals surface area contributed by atoms with Gasteiger partial charge in [0.1, 0.15) is 5.76 Å². The van der Waals surface area contributed by atoms with Crippen LogP contribution >= 0.6 is 0 Å². The van der Waals surface area contributed by atoms with Gasteiger partial charge in [-0.2, -0.15) is 0 Å². The summed E-state index contributed by atoms with van der Waals surface area (Å²) in [6, 6.07) is 0.202. The van der Waals surface area contributed by atoms with Crippen molar-refractivity contribution in [3.8, 4) is 0 Å². The zero-order valence-electron chi connectivity index (χ0n) is 16.0. The van der Waals surface area contributed by atoms with Crippen molar-refractivity contribution in [1.82, 2.24) is 19.9 Å². The van der Waals surface area contributed by atoms with Crippen LogP contribution in [-0.2, 0) is 11.3 Å². The smallest absolute Gasteiger partial charge is 0.320 e. The van der Waals surface area contributed by atoms with Crippen LogP contribution in [-0.4, -0.2) is 78.4 Å². The number of nitrogens with zero attached hydrogens (tertiary/aromatic N) is 4. The Labute approximate surface area is 155 Å². The predicted octanol–water partition coefficient (Wildman–Crippen LogP) is 2.03. The number of urea groups is 1. The van der Waals surface area contributed by atoms with Crippen LogP contribution in [0.5, 0.6) is 0 Å². The van der Waals surface area contributed by atoms with Gasteiger partial charge in [-0.25, -0.2) is 4.79 Å². The zero-order valence-corrected chi connectivity index (χ0v) is 16.0. The van der Waals surface area contributed by atoms with Gasteiger partial charge in [0.25, 0.3) is 0 Å². The number of aromatic nitrogens is 1. The van der Waals surface area contributed by atoms with Gasteiger partial charge in [-0.1, -0.05) is 5.16 Å². The molecule has 4 rings (SSSR count). The van der Waals surface area contributed by atoms with E-state index in [4.69, 9.17) is 9.26 Å². The molecule has 0 radical (unpaired) electrons. The molecule has 0 saturated carbocycles. The molecule has 26 heavy (non-hydrogen) atoms. The van der Waals surface area contributed by atoms with Gasteiger partial charge < -0.3 is 19.1 Å². The number of ether oxygens (including phenoxy) is 1. The van der Waals surface area contributed by atoms with E-state index in [1.165, 1.54) is 18.4 Å². The fourth-order valence-electron chi connectivity index (χ4n) is 4.78. The largest absolute Gasteiger partial charge is 0.378 e. The molecule has 3 fully saturated rings. The van der Waals surface area contributed by atoms with Crippen molar-refractivity contribution in [3.05, 3.63) is 17.0 Å². The number of amides is 2. The number of carbonyl (C=O) groups is 1. The Hall–Kier alpha value is -1.60. The molecule has 0 unspecified atom stereocenters. The minimum Gasteiger partial charge on any atom is -0.378 e. The second-order valence-electron chi connectivity index (χ2n) is 8.17. The first kappa shape index (κ1) is 17.8. The summed E-state index contributed by atoms with van der Waals surface area (Å²) in [5.41, 5.74) is 2.47. The SMILES string of the molecule is Cc1noc(C)c1CN1CCC[C@]2(CCN(C(=O)N3CCOCC3)C2)C1. The monoisotopic (exact) mass is 362 g/mol. The number of morpholine rings is 1. The summed E-state index contributed by atoms with van der Waals surface area (Å²) in [5, 5.41) is 4.09. The molecule has 4 heterocycles. The van der Waals surface area contributed by atoms with Gasteiger partial charge in [-0.05, 0) is 39.7 Å². The van der Waals surface area contributed by atoms with Crippen LogP contribution in [0.3, 0.4) is 0 Å². The summed E-state index contributed by atoms with van der Waals surface area (Å²) in [6.45, 7) is 11.6.